The van der Waals surface area contributed by atoms with Crippen LogP contribution in [0.15, 0.2) is 24.3 Å². The third kappa shape index (κ3) is 1.65. The molecule has 0 radical (unpaired) electrons. The Balaban J connectivity index is 2.14. The molecule has 1 aliphatic carbocycles. The third-order valence-corrected chi connectivity index (χ3v) is 3.14. The maximum atomic E-state index is 11.2. The van der Waals surface area contributed by atoms with Gasteiger partial charge in [-0.05, 0) is 25.3 Å². The summed E-state index contributed by atoms with van der Waals surface area (Å²) in [7, 11) is 0. The second-order valence-corrected chi connectivity index (χ2v) is 4.43. The van der Waals surface area contributed by atoms with Gasteiger partial charge in [-0.25, -0.2) is 4.68 Å². The monoisotopic (exact) mass is 227 g/mol. The molecule has 4 heteroatoms. The number of benzene rings is 1. The van der Waals surface area contributed by atoms with E-state index < -0.39 is 0 Å². The van der Waals surface area contributed by atoms with E-state index in [1.54, 1.807) is 4.68 Å². The van der Waals surface area contributed by atoms with Crippen molar-refractivity contribution in [1.82, 2.24) is 15.0 Å². The molecule has 1 heterocycles. The summed E-state index contributed by atoms with van der Waals surface area (Å²) in [5.41, 5.74) is 3.40. The van der Waals surface area contributed by atoms with Crippen LogP contribution in [0.2, 0.25) is 0 Å². The van der Waals surface area contributed by atoms with Crippen LogP contribution in [0.25, 0.3) is 11.3 Å². The summed E-state index contributed by atoms with van der Waals surface area (Å²) in [6, 6.07) is 8.29. The minimum absolute atomic E-state index is 0.375. The highest BCUT2D eigenvalue weighted by Crippen LogP contribution is 2.36. The number of rotatable bonds is 3. The zero-order valence-electron chi connectivity index (χ0n) is 9.63. The van der Waals surface area contributed by atoms with E-state index in [0.29, 0.717) is 17.4 Å². The van der Waals surface area contributed by atoms with Crippen molar-refractivity contribution in [3.05, 3.63) is 35.5 Å². The summed E-state index contributed by atoms with van der Waals surface area (Å²) < 4.78 is 1.76. The van der Waals surface area contributed by atoms with E-state index in [0.717, 1.165) is 30.3 Å². The molecule has 1 aromatic carbocycles. The minimum Gasteiger partial charge on any atom is -0.296 e. The highest BCUT2D eigenvalue weighted by atomic mass is 16.1. The molecule has 0 unspecified atom stereocenters. The van der Waals surface area contributed by atoms with Gasteiger partial charge >= 0.3 is 0 Å². The maximum Gasteiger partial charge on any atom is 0.170 e. The van der Waals surface area contributed by atoms with Crippen molar-refractivity contribution in [2.24, 2.45) is 0 Å². The van der Waals surface area contributed by atoms with Gasteiger partial charge in [-0.15, -0.1) is 5.10 Å². The molecule has 0 spiro atoms. The molecule has 1 fully saturated rings. The smallest absolute Gasteiger partial charge is 0.170 e. The average Bonchev–Trinajstić information content (AvgIpc) is 3.10. The summed E-state index contributed by atoms with van der Waals surface area (Å²) in [6.07, 6.45) is 3.05. The van der Waals surface area contributed by atoms with Crippen molar-refractivity contribution in [2.45, 2.75) is 25.8 Å². The third-order valence-electron chi connectivity index (χ3n) is 3.14. The predicted octanol–water partition coefficient (Wildman–Crippen LogP) is 2.40. The molecule has 1 aromatic heterocycles. The number of nitrogens with zero attached hydrogens (tertiary/aromatic N) is 3. The lowest BCUT2D eigenvalue weighted by atomic mass is 10.0. The van der Waals surface area contributed by atoms with E-state index in [1.807, 2.05) is 31.2 Å². The van der Waals surface area contributed by atoms with Crippen LogP contribution in [0.1, 0.15) is 34.9 Å². The number of aromatic nitrogens is 3. The van der Waals surface area contributed by atoms with Crippen molar-refractivity contribution in [1.29, 1.82) is 0 Å². The van der Waals surface area contributed by atoms with Crippen LogP contribution >= 0.6 is 0 Å². The van der Waals surface area contributed by atoms with Crippen LogP contribution in [0, 0.1) is 6.92 Å². The van der Waals surface area contributed by atoms with Crippen LogP contribution < -0.4 is 0 Å². The molecule has 0 bridgehead atoms. The minimum atomic E-state index is 0.375. The van der Waals surface area contributed by atoms with E-state index in [1.165, 1.54) is 0 Å². The normalized spacial score (nSPS) is 14.9. The molecule has 86 valence electrons. The molecule has 2 aromatic rings. The van der Waals surface area contributed by atoms with Crippen LogP contribution in [0.3, 0.4) is 0 Å². The Kier molecular flexibility index (Phi) is 2.28. The van der Waals surface area contributed by atoms with E-state index in [4.69, 9.17) is 0 Å². The fourth-order valence-electron chi connectivity index (χ4n) is 2.03. The van der Waals surface area contributed by atoms with Crippen molar-refractivity contribution < 1.29 is 4.79 Å². The lowest BCUT2D eigenvalue weighted by molar-refractivity contribution is 0.111. The van der Waals surface area contributed by atoms with Crippen LogP contribution in [0.4, 0.5) is 0 Å². The van der Waals surface area contributed by atoms with Gasteiger partial charge in [0, 0.05) is 5.56 Å². The maximum absolute atomic E-state index is 11.2. The van der Waals surface area contributed by atoms with Gasteiger partial charge in [0.2, 0.25) is 0 Å². The lowest BCUT2D eigenvalue weighted by Gasteiger charge is -2.03. The lowest BCUT2D eigenvalue weighted by Crippen LogP contribution is -2.02. The molecule has 1 saturated carbocycles. The first-order valence-electron chi connectivity index (χ1n) is 5.77. The largest absolute Gasteiger partial charge is 0.296 e. The molecular weight excluding hydrogens is 214 g/mol. The number of carbonyl (C=O) groups excluding carboxylic acids is 1. The van der Waals surface area contributed by atoms with Gasteiger partial charge in [0.25, 0.3) is 0 Å². The molecule has 0 N–H and O–H groups in total. The molecule has 1 aliphatic rings. The molecule has 0 atom stereocenters. The number of hydrogen-bond donors (Lipinski definition) is 0. The fourth-order valence-corrected chi connectivity index (χ4v) is 2.03. The van der Waals surface area contributed by atoms with Crippen molar-refractivity contribution >= 4 is 6.29 Å². The number of aryl methyl sites for hydroxylation is 1. The fraction of sp³-hybridized carbons (Fsp3) is 0.308. The standard InChI is InChI=1S/C13H13N3O/c1-9-4-2-3-5-11(9)13-12(8-17)16(15-14-13)10-6-7-10/h2-5,8,10H,6-7H2,1H3. The summed E-state index contributed by atoms with van der Waals surface area (Å²) in [4.78, 5) is 11.2. The van der Waals surface area contributed by atoms with Crippen molar-refractivity contribution in [3.63, 3.8) is 0 Å². The summed E-state index contributed by atoms with van der Waals surface area (Å²) in [6.45, 7) is 2.01. The Morgan fingerprint density at radius 3 is 2.76 bits per heavy atom. The Morgan fingerprint density at radius 1 is 1.35 bits per heavy atom. The topological polar surface area (TPSA) is 47.8 Å². The van der Waals surface area contributed by atoms with E-state index in [2.05, 4.69) is 10.3 Å². The van der Waals surface area contributed by atoms with Crippen LogP contribution in [-0.4, -0.2) is 21.3 Å². The molecule has 0 saturated heterocycles. The Bertz CT molecular complexity index is 570. The number of hydrogen-bond acceptors (Lipinski definition) is 3. The molecular formula is C13H13N3O. The molecule has 0 amide bonds. The summed E-state index contributed by atoms with van der Waals surface area (Å²) in [5.74, 6) is 0. The predicted molar refractivity (Wildman–Crippen MR) is 63.9 cm³/mol. The highest BCUT2D eigenvalue weighted by molar-refractivity contribution is 5.84. The molecule has 17 heavy (non-hydrogen) atoms. The van der Waals surface area contributed by atoms with E-state index in [-0.39, 0.29) is 0 Å². The SMILES string of the molecule is Cc1ccccc1-c1nnn(C2CC2)c1C=O. The van der Waals surface area contributed by atoms with Crippen LogP contribution in [0.5, 0.6) is 0 Å². The van der Waals surface area contributed by atoms with Crippen molar-refractivity contribution in [3.8, 4) is 11.3 Å². The first-order chi connectivity index (χ1) is 8.31. The average molecular weight is 227 g/mol. The summed E-state index contributed by atoms with van der Waals surface area (Å²) >= 11 is 0. The molecule has 4 nitrogen and oxygen atoms in total. The zero-order valence-corrected chi connectivity index (χ0v) is 9.63. The van der Waals surface area contributed by atoms with Gasteiger partial charge in [0.1, 0.15) is 11.4 Å². The quantitative estimate of drug-likeness (QED) is 0.756. The zero-order chi connectivity index (χ0) is 11.8. The number of aldehydes is 1. The van der Waals surface area contributed by atoms with Crippen LogP contribution in [-0.2, 0) is 0 Å². The Hall–Kier alpha value is -1.97. The van der Waals surface area contributed by atoms with Gasteiger partial charge in [-0.2, -0.15) is 0 Å². The first-order valence-corrected chi connectivity index (χ1v) is 5.77. The second-order valence-electron chi connectivity index (χ2n) is 4.43. The van der Waals surface area contributed by atoms with E-state index >= 15 is 0 Å². The summed E-state index contributed by atoms with van der Waals surface area (Å²) in [5, 5.41) is 8.26. The van der Waals surface area contributed by atoms with Gasteiger partial charge in [-0.1, -0.05) is 29.5 Å². The molecule has 0 aliphatic heterocycles. The Morgan fingerprint density at radius 2 is 2.12 bits per heavy atom. The Labute approximate surface area is 99.3 Å². The second kappa shape index (κ2) is 3.80. The van der Waals surface area contributed by atoms with E-state index in [9.17, 15) is 4.79 Å². The molecule has 3 rings (SSSR count). The highest BCUT2D eigenvalue weighted by Gasteiger charge is 2.29. The van der Waals surface area contributed by atoms with Gasteiger partial charge < -0.3 is 0 Å². The van der Waals surface area contributed by atoms with Gasteiger partial charge in [-0.3, -0.25) is 4.79 Å². The van der Waals surface area contributed by atoms with Gasteiger partial charge in [0.05, 0.1) is 6.04 Å². The number of carbonyl (C=O) groups is 1. The van der Waals surface area contributed by atoms with Gasteiger partial charge in [0.15, 0.2) is 6.29 Å². The van der Waals surface area contributed by atoms with Crippen molar-refractivity contribution in [2.75, 3.05) is 0 Å². The first kappa shape index (κ1) is 10.2.